The lowest BCUT2D eigenvalue weighted by Gasteiger charge is -2.11. The van der Waals surface area contributed by atoms with Crippen LogP contribution in [-0.2, 0) is 0 Å². The fourth-order valence-corrected chi connectivity index (χ4v) is 2.11. The maximum absolute atomic E-state index is 8.81. The molecule has 0 radical (unpaired) electrons. The van der Waals surface area contributed by atoms with Gasteiger partial charge in [0.1, 0.15) is 0 Å². The molecule has 72 valence electrons. The Morgan fingerprint density at radius 2 is 2.14 bits per heavy atom. The summed E-state index contributed by atoms with van der Waals surface area (Å²) < 4.78 is 0.933. The van der Waals surface area contributed by atoms with Crippen molar-refractivity contribution >= 4 is 15.9 Å². The second kappa shape index (κ2) is 3.72. The average Bonchev–Trinajstić information content (AvgIpc) is 2.99. The van der Waals surface area contributed by atoms with Crippen molar-refractivity contribution in [2.75, 3.05) is 0 Å². The van der Waals surface area contributed by atoms with E-state index in [1.807, 2.05) is 18.2 Å². The Hall–Kier alpha value is -0.850. The highest BCUT2D eigenvalue weighted by Crippen LogP contribution is 2.40. The standard InChI is InChI=1S/C11H11BrN2/c12-10-4-7(6-13)3-9(5-10)11(14)8-1-2-8/h3-5,8,11H,1-2,14H2/t11-/m1/s1. The van der Waals surface area contributed by atoms with E-state index in [0.29, 0.717) is 11.5 Å². The van der Waals surface area contributed by atoms with E-state index in [1.165, 1.54) is 12.8 Å². The number of hydrogen-bond donors (Lipinski definition) is 1. The first-order chi connectivity index (χ1) is 6.70. The molecule has 0 aliphatic heterocycles. The molecule has 0 bridgehead atoms. The second-order valence-electron chi connectivity index (χ2n) is 3.75. The topological polar surface area (TPSA) is 49.8 Å². The van der Waals surface area contributed by atoms with Gasteiger partial charge in [0.05, 0.1) is 11.6 Å². The summed E-state index contributed by atoms with van der Waals surface area (Å²) >= 11 is 3.38. The Labute approximate surface area is 91.9 Å². The van der Waals surface area contributed by atoms with Gasteiger partial charge < -0.3 is 5.73 Å². The number of hydrogen-bond acceptors (Lipinski definition) is 2. The molecule has 0 heterocycles. The number of rotatable bonds is 2. The molecule has 2 nitrogen and oxygen atoms in total. The maximum Gasteiger partial charge on any atom is 0.0992 e. The fourth-order valence-electron chi connectivity index (χ4n) is 1.60. The summed E-state index contributed by atoms with van der Waals surface area (Å²) in [7, 11) is 0. The molecule has 0 aromatic heterocycles. The van der Waals surface area contributed by atoms with Gasteiger partial charge >= 0.3 is 0 Å². The van der Waals surface area contributed by atoms with Gasteiger partial charge in [-0.2, -0.15) is 5.26 Å². The van der Waals surface area contributed by atoms with Crippen LogP contribution in [0, 0.1) is 17.2 Å². The van der Waals surface area contributed by atoms with Crippen LogP contribution in [-0.4, -0.2) is 0 Å². The minimum absolute atomic E-state index is 0.0969. The number of nitrogens with zero attached hydrogens (tertiary/aromatic N) is 1. The van der Waals surface area contributed by atoms with Crippen LogP contribution in [0.1, 0.15) is 30.0 Å². The Balaban J connectivity index is 2.32. The van der Waals surface area contributed by atoms with Crippen molar-refractivity contribution in [3.05, 3.63) is 33.8 Å². The summed E-state index contributed by atoms with van der Waals surface area (Å²) in [5.41, 5.74) is 7.80. The molecule has 0 spiro atoms. The predicted molar refractivity (Wildman–Crippen MR) is 58.5 cm³/mol. The molecule has 1 aliphatic rings. The van der Waals surface area contributed by atoms with Gasteiger partial charge in [0.2, 0.25) is 0 Å². The third-order valence-corrected chi connectivity index (χ3v) is 3.02. The van der Waals surface area contributed by atoms with E-state index < -0.39 is 0 Å². The first-order valence-corrected chi connectivity index (χ1v) is 5.46. The summed E-state index contributed by atoms with van der Waals surface area (Å²) in [5, 5.41) is 8.81. The van der Waals surface area contributed by atoms with Crippen molar-refractivity contribution in [2.45, 2.75) is 18.9 Å². The second-order valence-corrected chi connectivity index (χ2v) is 4.66. The van der Waals surface area contributed by atoms with Gasteiger partial charge in [0, 0.05) is 10.5 Å². The average molecular weight is 251 g/mol. The lowest BCUT2D eigenvalue weighted by Crippen LogP contribution is -2.12. The molecule has 1 atom stereocenters. The predicted octanol–water partition coefficient (Wildman–Crippen LogP) is 2.73. The number of nitrogens with two attached hydrogens (primary N) is 1. The van der Waals surface area contributed by atoms with Crippen molar-refractivity contribution in [3.8, 4) is 6.07 Å². The highest BCUT2D eigenvalue weighted by molar-refractivity contribution is 9.10. The van der Waals surface area contributed by atoms with Crippen LogP contribution in [0.25, 0.3) is 0 Å². The van der Waals surface area contributed by atoms with Gasteiger partial charge in [-0.1, -0.05) is 15.9 Å². The van der Waals surface area contributed by atoms with E-state index in [1.54, 1.807) is 0 Å². The van der Waals surface area contributed by atoms with E-state index in [4.69, 9.17) is 11.0 Å². The van der Waals surface area contributed by atoms with Crippen LogP contribution >= 0.6 is 15.9 Å². The SMILES string of the molecule is N#Cc1cc(Br)cc([C@H](N)C2CC2)c1. The molecular formula is C11H11BrN2. The number of halogens is 1. The van der Waals surface area contributed by atoms with Gasteiger partial charge in [0.25, 0.3) is 0 Å². The van der Waals surface area contributed by atoms with Gasteiger partial charge in [0.15, 0.2) is 0 Å². The first-order valence-electron chi connectivity index (χ1n) is 4.67. The van der Waals surface area contributed by atoms with Crippen LogP contribution in [0.5, 0.6) is 0 Å². The van der Waals surface area contributed by atoms with E-state index in [2.05, 4.69) is 22.0 Å². The van der Waals surface area contributed by atoms with Gasteiger partial charge in [-0.05, 0) is 42.5 Å². The van der Waals surface area contributed by atoms with Crippen molar-refractivity contribution in [3.63, 3.8) is 0 Å². The molecule has 0 amide bonds. The Kier molecular flexibility index (Phi) is 2.58. The van der Waals surface area contributed by atoms with E-state index >= 15 is 0 Å². The maximum atomic E-state index is 8.81. The third-order valence-electron chi connectivity index (χ3n) is 2.56. The molecule has 1 fully saturated rings. The third kappa shape index (κ3) is 1.97. The summed E-state index contributed by atoms with van der Waals surface area (Å²) in [4.78, 5) is 0. The minimum atomic E-state index is 0.0969. The molecule has 14 heavy (non-hydrogen) atoms. The zero-order valence-corrected chi connectivity index (χ0v) is 9.29. The molecule has 2 rings (SSSR count). The normalized spacial score (nSPS) is 17.5. The lowest BCUT2D eigenvalue weighted by atomic mass is 10.0. The molecule has 1 aromatic rings. The molecule has 3 heteroatoms. The quantitative estimate of drug-likeness (QED) is 0.878. The Morgan fingerprint density at radius 1 is 1.43 bits per heavy atom. The molecular weight excluding hydrogens is 240 g/mol. The van der Waals surface area contributed by atoms with E-state index in [0.717, 1.165) is 10.0 Å². The molecule has 1 aromatic carbocycles. The van der Waals surface area contributed by atoms with E-state index in [-0.39, 0.29) is 6.04 Å². The van der Waals surface area contributed by atoms with Gasteiger partial charge in [-0.3, -0.25) is 0 Å². The van der Waals surface area contributed by atoms with E-state index in [9.17, 15) is 0 Å². The molecule has 1 saturated carbocycles. The van der Waals surface area contributed by atoms with Crippen molar-refractivity contribution < 1.29 is 0 Å². The number of nitriles is 1. The van der Waals surface area contributed by atoms with Crippen molar-refractivity contribution in [1.29, 1.82) is 5.26 Å². The summed E-state index contributed by atoms with van der Waals surface area (Å²) in [5.74, 6) is 0.621. The molecule has 1 aliphatic carbocycles. The first kappa shape index (κ1) is 9.70. The van der Waals surface area contributed by atoms with Gasteiger partial charge in [-0.15, -0.1) is 0 Å². The Morgan fingerprint density at radius 3 is 2.71 bits per heavy atom. The van der Waals surface area contributed by atoms with Crippen LogP contribution < -0.4 is 5.73 Å². The van der Waals surface area contributed by atoms with Crippen LogP contribution in [0.2, 0.25) is 0 Å². The summed E-state index contributed by atoms with van der Waals surface area (Å²) in [6, 6.07) is 7.93. The fraction of sp³-hybridized carbons (Fsp3) is 0.364. The van der Waals surface area contributed by atoms with Crippen LogP contribution in [0.4, 0.5) is 0 Å². The minimum Gasteiger partial charge on any atom is -0.324 e. The molecule has 2 N–H and O–H groups in total. The van der Waals surface area contributed by atoms with Crippen molar-refractivity contribution in [1.82, 2.24) is 0 Å². The lowest BCUT2D eigenvalue weighted by molar-refractivity contribution is 0.633. The largest absolute Gasteiger partial charge is 0.324 e. The molecule has 0 unspecified atom stereocenters. The highest BCUT2D eigenvalue weighted by atomic mass is 79.9. The zero-order chi connectivity index (χ0) is 10.1. The smallest absolute Gasteiger partial charge is 0.0992 e. The number of benzene rings is 1. The summed E-state index contributed by atoms with van der Waals surface area (Å²) in [6.45, 7) is 0. The van der Waals surface area contributed by atoms with Crippen LogP contribution in [0.3, 0.4) is 0 Å². The monoisotopic (exact) mass is 250 g/mol. The van der Waals surface area contributed by atoms with Crippen LogP contribution in [0.15, 0.2) is 22.7 Å². The zero-order valence-electron chi connectivity index (χ0n) is 7.70. The van der Waals surface area contributed by atoms with Crippen molar-refractivity contribution in [2.24, 2.45) is 11.7 Å². The molecule has 0 saturated heterocycles. The summed E-state index contributed by atoms with van der Waals surface area (Å²) in [6.07, 6.45) is 2.44. The van der Waals surface area contributed by atoms with Gasteiger partial charge in [-0.25, -0.2) is 0 Å². The highest BCUT2D eigenvalue weighted by Gasteiger charge is 2.29. The Bertz CT molecular complexity index is 391.